The van der Waals surface area contributed by atoms with Crippen LogP contribution in [0.1, 0.15) is 25.7 Å². The smallest absolute Gasteiger partial charge is 0.221 e. The normalized spacial score (nSPS) is 17.8. The molecule has 1 aromatic rings. The van der Waals surface area contributed by atoms with Gasteiger partial charge in [0.2, 0.25) is 5.91 Å². The number of hydrogen-bond acceptors (Lipinski definition) is 4. The molecule has 1 fully saturated rings. The number of rotatable bonds is 5. The van der Waals surface area contributed by atoms with E-state index >= 15 is 0 Å². The Hall–Kier alpha value is -1.43. The monoisotopic (exact) mass is 224 g/mol. The Bertz CT molecular complexity index is 346. The van der Waals surface area contributed by atoms with Crippen molar-refractivity contribution in [1.29, 1.82) is 0 Å². The largest absolute Gasteiger partial charge is 0.388 e. The van der Waals surface area contributed by atoms with Crippen LogP contribution in [0.5, 0.6) is 0 Å². The molecule has 2 rings (SSSR count). The van der Waals surface area contributed by atoms with Crippen LogP contribution in [-0.4, -0.2) is 38.2 Å². The van der Waals surface area contributed by atoms with E-state index in [0.717, 1.165) is 19.3 Å². The minimum atomic E-state index is -0.650. The summed E-state index contributed by atoms with van der Waals surface area (Å²) in [6, 6.07) is 0. The Morgan fingerprint density at radius 3 is 2.94 bits per heavy atom. The summed E-state index contributed by atoms with van der Waals surface area (Å²) in [4.78, 5) is 11.4. The third kappa shape index (κ3) is 2.79. The van der Waals surface area contributed by atoms with Crippen LogP contribution < -0.4 is 5.32 Å². The molecule has 0 aromatic carbocycles. The molecule has 0 aliphatic heterocycles. The summed E-state index contributed by atoms with van der Waals surface area (Å²) >= 11 is 0. The zero-order valence-electron chi connectivity index (χ0n) is 9.09. The Kier molecular flexibility index (Phi) is 3.19. The number of nitrogens with one attached hydrogen (secondary N) is 1. The Morgan fingerprint density at radius 1 is 1.56 bits per heavy atom. The maximum atomic E-state index is 11.4. The van der Waals surface area contributed by atoms with Crippen LogP contribution in [0.25, 0.3) is 0 Å². The number of aryl methyl sites for hydroxylation is 1. The zero-order valence-corrected chi connectivity index (χ0v) is 9.09. The van der Waals surface area contributed by atoms with Crippen molar-refractivity contribution in [2.75, 3.05) is 6.54 Å². The molecule has 1 aliphatic rings. The van der Waals surface area contributed by atoms with Gasteiger partial charge in [0.05, 0.1) is 18.3 Å². The van der Waals surface area contributed by atoms with Crippen LogP contribution in [-0.2, 0) is 11.3 Å². The lowest BCUT2D eigenvalue weighted by Gasteiger charge is -2.36. The van der Waals surface area contributed by atoms with Gasteiger partial charge in [-0.3, -0.25) is 9.48 Å². The second-order valence-corrected chi connectivity index (χ2v) is 4.27. The van der Waals surface area contributed by atoms with E-state index in [4.69, 9.17) is 0 Å². The molecule has 1 aromatic heterocycles. The van der Waals surface area contributed by atoms with Crippen LogP contribution in [0.3, 0.4) is 0 Å². The van der Waals surface area contributed by atoms with E-state index in [2.05, 4.69) is 15.6 Å². The molecule has 0 unspecified atom stereocenters. The first kappa shape index (κ1) is 11.1. The highest BCUT2D eigenvalue weighted by Gasteiger charge is 2.34. The number of hydrogen-bond donors (Lipinski definition) is 2. The van der Waals surface area contributed by atoms with Gasteiger partial charge in [-0.05, 0) is 19.3 Å². The van der Waals surface area contributed by atoms with Crippen molar-refractivity contribution in [2.45, 2.75) is 37.8 Å². The maximum absolute atomic E-state index is 11.4. The molecular weight excluding hydrogens is 208 g/mol. The van der Waals surface area contributed by atoms with Crippen LogP contribution in [0, 0.1) is 0 Å². The van der Waals surface area contributed by atoms with Crippen LogP contribution >= 0.6 is 0 Å². The Morgan fingerprint density at radius 2 is 2.38 bits per heavy atom. The lowest BCUT2D eigenvalue weighted by Crippen LogP contribution is -2.47. The first-order valence-electron chi connectivity index (χ1n) is 5.51. The molecule has 16 heavy (non-hydrogen) atoms. The van der Waals surface area contributed by atoms with Crippen LogP contribution in [0.15, 0.2) is 12.4 Å². The predicted molar refractivity (Wildman–Crippen MR) is 56.4 cm³/mol. The maximum Gasteiger partial charge on any atom is 0.221 e. The van der Waals surface area contributed by atoms with Gasteiger partial charge in [-0.1, -0.05) is 5.21 Å². The van der Waals surface area contributed by atoms with Gasteiger partial charge < -0.3 is 10.4 Å². The molecular formula is C10H16N4O2. The number of carbonyl (C=O) groups is 1. The lowest BCUT2D eigenvalue weighted by molar-refractivity contribution is -0.123. The molecule has 1 heterocycles. The van der Waals surface area contributed by atoms with E-state index in [0.29, 0.717) is 19.5 Å². The average Bonchev–Trinajstić information content (AvgIpc) is 2.73. The van der Waals surface area contributed by atoms with E-state index in [9.17, 15) is 9.90 Å². The highest BCUT2D eigenvalue weighted by Crippen LogP contribution is 2.30. The molecule has 88 valence electrons. The third-order valence-electron chi connectivity index (χ3n) is 2.94. The van der Waals surface area contributed by atoms with Crippen molar-refractivity contribution in [2.24, 2.45) is 0 Å². The van der Waals surface area contributed by atoms with Crippen LogP contribution in [0.4, 0.5) is 0 Å². The molecule has 1 saturated carbocycles. The first-order chi connectivity index (χ1) is 7.68. The minimum Gasteiger partial charge on any atom is -0.388 e. The molecule has 2 N–H and O–H groups in total. The van der Waals surface area contributed by atoms with E-state index < -0.39 is 5.60 Å². The van der Waals surface area contributed by atoms with E-state index in [1.165, 1.54) is 0 Å². The second-order valence-electron chi connectivity index (χ2n) is 4.27. The highest BCUT2D eigenvalue weighted by molar-refractivity contribution is 5.75. The summed E-state index contributed by atoms with van der Waals surface area (Å²) in [5.74, 6) is -0.0594. The number of aromatic nitrogens is 3. The molecule has 1 aliphatic carbocycles. The fourth-order valence-corrected chi connectivity index (χ4v) is 1.68. The van der Waals surface area contributed by atoms with Crippen LogP contribution in [0.2, 0.25) is 0 Å². The molecule has 1 amide bonds. The molecule has 0 radical (unpaired) electrons. The Balaban J connectivity index is 1.65. The summed E-state index contributed by atoms with van der Waals surface area (Å²) in [6.07, 6.45) is 6.28. The van der Waals surface area contributed by atoms with Gasteiger partial charge >= 0.3 is 0 Å². The van der Waals surface area contributed by atoms with Gasteiger partial charge in [-0.2, -0.15) is 0 Å². The van der Waals surface area contributed by atoms with Gasteiger partial charge in [0.15, 0.2) is 0 Å². The Labute approximate surface area is 93.6 Å². The average molecular weight is 224 g/mol. The molecule has 0 spiro atoms. The molecule has 0 saturated heterocycles. The second kappa shape index (κ2) is 4.61. The van der Waals surface area contributed by atoms with Crippen molar-refractivity contribution in [1.82, 2.24) is 20.3 Å². The van der Waals surface area contributed by atoms with Gasteiger partial charge in [-0.25, -0.2) is 0 Å². The van der Waals surface area contributed by atoms with Gasteiger partial charge in [0, 0.05) is 19.2 Å². The van der Waals surface area contributed by atoms with Crippen molar-refractivity contribution in [3.8, 4) is 0 Å². The first-order valence-corrected chi connectivity index (χ1v) is 5.51. The fourth-order valence-electron chi connectivity index (χ4n) is 1.68. The van der Waals surface area contributed by atoms with Gasteiger partial charge in [0.1, 0.15) is 0 Å². The van der Waals surface area contributed by atoms with Crippen molar-refractivity contribution in [3.05, 3.63) is 12.4 Å². The lowest BCUT2D eigenvalue weighted by atomic mass is 9.80. The summed E-state index contributed by atoms with van der Waals surface area (Å²) in [5, 5.41) is 19.9. The number of carbonyl (C=O) groups excluding carboxylic acids is 1. The highest BCUT2D eigenvalue weighted by atomic mass is 16.3. The summed E-state index contributed by atoms with van der Waals surface area (Å²) in [7, 11) is 0. The van der Waals surface area contributed by atoms with Crippen molar-refractivity contribution >= 4 is 5.91 Å². The number of aliphatic hydroxyl groups is 1. The zero-order chi connectivity index (χ0) is 11.4. The molecule has 0 atom stereocenters. The molecule has 6 heteroatoms. The number of amides is 1. The van der Waals surface area contributed by atoms with E-state index in [-0.39, 0.29) is 5.91 Å². The quantitative estimate of drug-likeness (QED) is 0.719. The SMILES string of the molecule is O=C(CCn1ccnn1)NCC1(O)CCC1. The summed E-state index contributed by atoms with van der Waals surface area (Å²) < 4.78 is 1.61. The summed E-state index contributed by atoms with van der Waals surface area (Å²) in [5.41, 5.74) is -0.650. The van der Waals surface area contributed by atoms with E-state index in [1.54, 1.807) is 17.1 Å². The van der Waals surface area contributed by atoms with Crippen molar-refractivity contribution in [3.63, 3.8) is 0 Å². The third-order valence-corrected chi connectivity index (χ3v) is 2.94. The fraction of sp³-hybridized carbons (Fsp3) is 0.700. The predicted octanol–water partition coefficient (Wildman–Crippen LogP) is -0.301. The van der Waals surface area contributed by atoms with Crippen molar-refractivity contribution < 1.29 is 9.90 Å². The van der Waals surface area contributed by atoms with E-state index in [1.807, 2.05) is 0 Å². The van der Waals surface area contributed by atoms with Gasteiger partial charge in [0.25, 0.3) is 0 Å². The van der Waals surface area contributed by atoms with Gasteiger partial charge in [-0.15, -0.1) is 5.10 Å². The number of nitrogens with zero attached hydrogens (tertiary/aromatic N) is 3. The minimum absolute atomic E-state index is 0.0594. The standard InChI is InChI=1S/C10H16N4O2/c15-9(2-6-14-7-5-12-13-14)11-8-10(16)3-1-4-10/h5,7,16H,1-4,6,8H2,(H,11,15). The summed E-state index contributed by atoms with van der Waals surface area (Å²) in [6.45, 7) is 0.882. The molecule has 6 nitrogen and oxygen atoms in total. The topological polar surface area (TPSA) is 80.0 Å². The molecule has 0 bridgehead atoms.